The van der Waals surface area contributed by atoms with Gasteiger partial charge in [0, 0.05) is 25.9 Å². The molecule has 0 N–H and O–H groups in total. The molecule has 1 saturated heterocycles. The van der Waals surface area contributed by atoms with Crippen molar-refractivity contribution in [2.75, 3.05) is 13.1 Å². The molecule has 0 bridgehead atoms. The first-order valence-electron chi connectivity index (χ1n) is 5.94. The fraction of sp³-hybridized carbons (Fsp3) is 0.833. The zero-order valence-corrected chi connectivity index (χ0v) is 9.37. The van der Waals surface area contributed by atoms with Gasteiger partial charge >= 0.3 is 0 Å². The summed E-state index contributed by atoms with van der Waals surface area (Å²) >= 11 is 0. The Labute approximate surface area is 90.8 Å². The minimum absolute atomic E-state index is 0.173. The summed E-state index contributed by atoms with van der Waals surface area (Å²) in [7, 11) is 0. The van der Waals surface area contributed by atoms with Crippen LogP contribution in [0.25, 0.3) is 0 Å². The van der Waals surface area contributed by atoms with E-state index in [2.05, 4.69) is 0 Å². The number of likely N-dealkylation sites (tertiary alicyclic amines) is 1. The molecule has 15 heavy (non-hydrogen) atoms. The van der Waals surface area contributed by atoms with Gasteiger partial charge in [-0.05, 0) is 38.0 Å². The van der Waals surface area contributed by atoms with Crippen LogP contribution in [0.15, 0.2) is 0 Å². The Hall–Kier alpha value is -0.860. The van der Waals surface area contributed by atoms with Crippen molar-refractivity contribution in [3.8, 4) is 0 Å². The Morgan fingerprint density at radius 3 is 2.60 bits per heavy atom. The topological polar surface area (TPSA) is 37.4 Å². The van der Waals surface area contributed by atoms with Gasteiger partial charge < -0.3 is 4.90 Å². The summed E-state index contributed by atoms with van der Waals surface area (Å²) in [6, 6.07) is 0. The lowest BCUT2D eigenvalue weighted by Crippen LogP contribution is -2.40. The number of carbonyl (C=O) groups is 2. The molecule has 2 fully saturated rings. The second kappa shape index (κ2) is 4.33. The average Bonchev–Trinajstić information content (AvgIpc) is 2.98. The highest BCUT2D eigenvalue weighted by Gasteiger charge is 2.36. The van der Waals surface area contributed by atoms with Gasteiger partial charge in [0.2, 0.25) is 5.91 Å². The molecule has 0 aromatic heterocycles. The third-order valence-electron chi connectivity index (χ3n) is 3.58. The van der Waals surface area contributed by atoms with Crippen molar-refractivity contribution in [2.45, 2.75) is 39.0 Å². The molecule has 3 heteroatoms. The smallest absolute Gasteiger partial charge is 0.222 e. The van der Waals surface area contributed by atoms with Gasteiger partial charge in [-0.3, -0.25) is 9.59 Å². The van der Waals surface area contributed by atoms with Gasteiger partial charge in [0.25, 0.3) is 0 Å². The van der Waals surface area contributed by atoms with E-state index in [1.807, 2.05) is 4.90 Å². The normalized spacial score (nSPS) is 26.9. The van der Waals surface area contributed by atoms with Gasteiger partial charge in [0.15, 0.2) is 0 Å². The van der Waals surface area contributed by atoms with Crippen molar-refractivity contribution in [2.24, 2.45) is 11.8 Å². The summed E-state index contributed by atoms with van der Waals surface area (Å²) in [6.07, 6.45) is 5.04. The number of amides is 1. The highest BCUT2D eigenvalue weighted by atomic mass is 16.2. The van der Waals surface area contributed by atoms with E-state index in [9.17, 15) is 9.59 Å². The van der Waals surface area contributed by atoms with Crippen molar-refractivity contribution < 1.29 is 9.59 Å². The summed E-state index contributed by atoms with van der Waals surface area (Å²) in [5, 5.41) is 0. The van der Waals surface area contributed by atoms with E-state index >= 15 is 0 Å². The predicted octanol–water partition coefficient (Wildman–Crippen LogP) is 1.61. The number of hydrogen-bond acceptors (Lipinski definition) is 2. The van der Waals surface area contributed by atoms with Crippen LogP contribution in [0.4, 0.5) is 0 Å². The Kier molecular flexibility index (Phi) is 3.08. The Morgan fingerprint density at radius 2 is 2.07 bits per heavy atom. The van der Waals surface area contributed by atoms with E-state index in [0.717, 1.165) is 25.3 Å². The third-order valence-corrected chi connectivity index (χ3v) is 3.58. The molecule has 0 radical (unpaired) electrons. The molecule has 1 unspecified atom stereocenters. The van der Waals surface area contributed by atoms with Crippen LogP contribution in [0.1, 0.15) is 39.0 Å². The van der Waals surface area contributed by atoms with Crippen LogP contribution in [0.5, 0.6) is 0 Å². The van der Waals surface area contributed by atoms with Gasteiger partial charge in [-0.15, -0.1) is 0 Å². The molecule has 0 aromatic carbocycles. The van der Waals surface area contributed by atoms with Crippen LogP contribution in [-0.4, -0.2) is 29.7 Å². The summed E-state index contributed by atoms with van der Waals surface area (Å²) in [4.78, 5) is 24.5. The van der Waals surface area contributed by atoms with Gasteiger partial charge in [0.05, 0.1) is 0 Å². The second-order valence-electron chi connectivity index (χ2n) is 4.92. The summed E-state index contributed by atoms with van der Waals surface area (Å²) < 4.78 is 0. The lowest BCUT2D eigenvalue weighted by molar-refractivity contribution is -0.135. The van der Waals surface area contributed by atoms with Crippen molar-refractivity contribution in [3.05, 3.63) is 0 Å². The van der Waals surface area contributed by atoms with Crippen LogP contribution in [-0.2, 0) is 9.59 Å². The van der Waals surface area contributed by atoms with E-state index in [1.54, 1.807) is 6.92 Å². The molecule has 1 amide bonds. The number of Topliss-reactive ketones (excluding diaryl/α,β-unsaturated/α-hetero) is 1. The monoisotopic (exact) mass is 209 g/mol. The molecule has 0 spiro atoms. The van der Waals surface area contributed by atoms with Crippen LogP contribution in [0.2, 0.25) is 0 Å². The van der Waals surface area contributed by atoms with E-state index in [1.165, 1.54) is 12.8 Å². The standard InChI is InChI=1S/C12H19NO2/c1-9(14)4-6-13-7-5-11(8-12(13)15)10-2-3-10/h10-11H,2-8H2,1H3. The van der Waals surface area contributed by atoms with Gasteiger partial charge in [0.1, 0.15) is 5.78 Å². The van der Waals surface area contributed by atoms with E-state index < -0.39 is 0 Å². The maximum absolute atomic E-state index is 11.8. The van der Waals surface area contributed by atoms with Crippen LogP contribution < -0.4 is 0 Å². The fourth-order valence-electron chi connectivity index (χ4n) is 2.40. The molecular formula is C12H19NO2. The van der Waals surface area contributed by atoms with Crippen LogP contribution >= 0.6 is 0 Å². The molecule has 84 valence electrons. The molecule has 2 aliphatic rings. The molecule has 1 aliphatic carbocycles. The maximum atomic E-state index is 11.8. The molecule has 2 rings (SSSR count). The molecule has 1 heterocycles. The molecule has 1 aliphatic heterocycles. The average molecular weight is 209 g/mol. The number of carbonyl (C=O) groups excluding carboxylic acids is 2. The van der Waals surface area contributed by atoms with E-state index in [-0.39, 0.29) is 11.7 Å². The molecule has 1 atom stereocenters. The zero-order chi connectivity index (χ0) is 10.8. The Balaban J connectivity index is 1.78. The Bertz CT molecular complexity index is 271. The van der Waals surface area contributed by atoms with Gasteiger partial charge in [-0.1, -0.05) is 0 Å². The Morgan fingerprint density at radius 1 is 1.33 bits per heavy atom. The second-order valence-corrected chi connectivity index (χ2v) is 4.92. The largest absolute Gasteiger partial charge is 0.342 e. The minimum Gasteiger partial charge on any atom is -0.342 e. The lowest BCUT2D eigenvalue weighted by Gasteiger charge is -2.31. The maximum Gasteiger partial charge on any atom is 0.222 e. The lowest BCUT2D eigenvalue weighted by atomic mass is 9.91. The highest BCUT2D eigenvalue weighted by Crippen LogP contribution is 2.41. The van der Waals surface area contributed by atoms with Gasteiger partial charge in [-0.2, -0.15) is 0 Å². The first kappa shape index (κ1) is 10.7. The zero-order valence-electron chi connectivity index (χ0n) is 9.37. The molecule has 3 nitrogen and oxygen atoms in total. The van der Waals surface area contributed by atoms with Crippen LogP contribution in [0.3, 0.4) is 0 Å². The van der Waals surface area contributed by atoms with E-state index in [4.69, 9.17) is 0 Å². The number of nitrogens with zero attached hydrogens (tertiary/aromatic N) is 1. The quantitative estimate of drug-likeness (QED) is 0.705. The van der Waals surface area contributed by atoms with Crippen molar-refractivity contribution in [3.63, 3.8) is 0 Å². The summed E-state index contributed by atoms with van der Waals surface area (Å²) in [5.74, 6) is 1.92. The first-order valence-corrected chi connectivity index (χ1v) is 5.94. The van der Waals surface area contributed by atoms with Crippen LogP contribution in [0, 0.1) is 11.8 Å². The molecule has 1 saturated carbocycles. The number of hydrogen-bond donors (Lipinski definition) is 0. The number of ketones is 1. The summed E-state index contributed by atoms with van der Waals surface area (Å²) in [6.45, 7) is 3.08. The van der Waals surface area contributed by atoms with Gasteiger partial charge in [-0.25, -0.2) is 0 Å². The molecular weight excluding hydrogens is 190 g/mol. The minimum atomic E-state index is 0.173. The number of rotatable bonds is 4. The fourth-order valence-corrected chi connectivity index (χ4v) is 2.40. The van der Waals surface area contributed by atoms with E-state index in [0.29, 0.717) is 18.9 Å². The van der Waals surface area contributed by atoms with Crippen molar-refractivity contribution >= 4 is 11.7 Å². The number of piperidine rings is 1. The predicted molar refractivity (Wildman–Crippen MR) is 57.3 cm³/mol. The highest BCUT2D eigenvalue weighted by molar-refractivity contribution is 5.79. The third kappa shape index (κ3) is 2.80. The summed E-state index contributed by atoms with van der Waals surface area (Å²) in [5.41, 5.74) is 0. The first-order chi connectivity index (χ1) is 7.16. The van der Waals surface area contributed by atoms with Crippen molar-refractivity contribution in [1.29, 1.82) is 0 Å². The van der Waals surface area contributed by atoms with Crippen molar-refractivity contribution in [1.82, 2.24) is 4.90 Å². The SMILES string of the molecule is CC(=O)CCN1CCC(C2CC2)CC1=O. The molecule has 0 aromatic rings.